The van der Waals surface area contributed by atoms with Gasteiger partial charge in [-0.3, -0.25) is 0 Å². The minimum absolute atomic E-state index is 0.0865. The van der Waals surface area contributed by atoms with Gasteiger partial charge in [0.25, 0.3) is 0 Å². The maximum atomic E-state index is 11.6. The normalized spacial score (nSPS) is 18.1. The second kappa shape index (κ2) is 4.18. The molecule has 0 bridgehead atoms. The van der Waals surface area contributed by atoms with Crippen LogP contribution in [-0.2, 0) is 16.4 Å². The van der Waals surface area contributed by atoms with Crippen molar-refractivity contribution in [1.82, 2.24) is 9.55 Å². The Balaban J connectivity index is 2.50. The molecule has 2 rings (SSSR count). The number of aliphatic hydroxyl groups excluding tert-OH is 1. The third kappa shape index (κ3) is 1.99. The summed E-state index contributed by atoms with van der Waals surface area (Å²) in [4.78, 5) is 3.92. The predicted molar refractivity (Wildman–Crippen MR) is 58.8 cm³/mol. The quantitative estimate of drug-likeness (QED) is 0.857. The zero-order valence-electron chi connectivity index (χ0n) is 9.26. The van der Waals surface area contributed by atoms with E-state index >= 15 is 0 Å². The highest BCUT2D eigenvalue weighted by molar-refractivity contribution is 7.90. The van der Waals surface area contributed by atoms with Gasteiger partial charge in [-0.05, 0) is 12.8 Å². The molecule has 5 nitrogen and oxygen atoms in total. The van der Waals surface area contributed by atoms with Gasteiger partial charge in [0, 0.05) is 12.3 Å². The number of rotatable bonds is 3. The van der Waals surface area contributed by atoms with Crippen molar-refractivity contribution in [3.8, 4) is 0 Å². The summed E-state index contributed by atoms with van der Waals surface area (Å²) in [5, 5.41) is 9.29. The first-order valence-corrected chi connectivity index (χ1v) is 7.30. The summed E-state index contributed by atoms with van der Waals surface area (Å²) in [5.74, 6) is 0. The predicted octanol–water partition coefficient (Wildman–Crippen LogP) is 0.894. The summed E-state index contributed by atoms with van der Waals surface area (Å²) in [7, 11) is -3.32. The Morgan fingerprint density at radius 1 is 1.50 bits per heavy atom. The second-order valence-electron chi connectivity index (χ2n) is 4.27. The highest BCUT2D eigenvalue weighted by Gasteiger charge is 2.26. The van der Waals surface area contributed by atoms with Crippen molar-refractivity contribution in [1.29, 1.82) is 0 Å². The SMILES string of the molecule is CS(=O)(=O)c1ncc(CO)n1C1CCCC1. The van der Waals surface area contributed by atoms with Gasteiger partial charge in [0.1, 0.15) is 0 Å². The number of aromatic nitrogens is 2. The van der Waals surface area contributed by atoms with Crippen molar-refractivity contribution < 1.29 is 13.5 Å². The number of hydrogen-bond donors (Lipinski definition) is 1. The summed E-state index contributed by atoms with van der Waals surface area (Å²) in [6.07, 6.45) is 6.75. The highest BCUT2D eigenvalue weighted by Crippen LogP contribution is 2.32. The van der Waals surface area contributed by atoms with Crippen LogP contribution in [0, 0.1) is 0 Å². The monoisotopic (exact) mass is 244 g/mol. The van der Waals surface area contributed by atoms with Crippen LogP contribution in [0.25, 0.3) is 0 Å². The van der Waals surface area contributed by atoms with Crippen LogP contribution in [0.4, 0.5) is 0 Å². The van der Waals surface area contributed by atoms with Gasteiger partial charge in [0.2, 0.25) is 15.0 Å². The number of imidazole rings is 1. The largest absolute Gasteiger partial charge is 0.390 e. The molecular formula is C10H16N2O3S. The topological polar surface area (TPSA) is 72.2 Å². The fourth-order valence-electron chi connectivity index (χ4n) is 2.32. The van der Waals surface area contributed by atoms with Crippen molar-refractivity contribution in [3.05, 3.63) is 11.9 Å². The number of sulfone groups is 1. The molecule has 1 aliphatic carbocycles. The van der Waals surface area contributed by atoms with Crippen LogP contribution in [0.1, 0.15) is 37.4 Å². The lowest BCUT2D eigenvalue weighted by molar-refractivity contribution is 0.263. The number of aliphatic hydroxyl groups is 1. The van der Waals surface area contributed by atoms with E-state index in [1.54, 1.807) is 4.57 Å². The van der Waals surface area contributed by atoms with Gasteiger partial charge >= 0.3 is 0 Å². The van der Waals surface area contributed by atoms with E-state index < -0.39 is 9.84 Å². The molecule has 1 aromatic rings. The Morgan fingerprint density at radius 2 is 2.12 bits per heavy atom. The molecular weight excluding hydrogens is 228 g/mol. The first-order valence-electron chi connectivity index (χ1n) is 5.41. The van der Waals surface area contributed by atoms with Gasteiger partial charge in [-0.2, -0.15) is 0 Å². The van der Waals surface area contributed by atoms with E-state index in [-0.39, 0.29) is 17.8 Å². The lowest BCUT2D eigenvalue weighted by Crippen LogP contribution is -2.15. The summed E-state index contributed by atoms with van der Waals surface area (Å²) in [6.45, 7) is -0.168. The van der Waals surface area contributed by atoms with E-state index in [9.17, 15) is 13.5 Å². The third-order valence-electron chi connectivity index (χ3n) is 3.02. The van der Waals surface area contributed by atoms with Gasteiger partial charge in [-0.1, -0.05) is 12.8 Å². The molecule has 1 saturated carbocycles. The third-order valence-corrected chi connectivity index (χ3v) is 3.99. The van der Waals surface area contributed by atoms with Crippen LogP contribution in [0.15, 0.2) is 11.4 Å². The Labute approximate surface area is 95.0 Å². The Kier molecular flexibility index (Phi) is 3.03. The molecule has 1 fully saturated rings. The Morgan fingerprint density at radius 3 is 2.62 bits per heavy atom. The molecule has 16 heavy (non-hydrogen) atoms. The fourth-order valence-corrected chi connectivity index (χ4v) is 3.19. The zero-order valence-corrected chi connectivity index (χ0v) is 10.1. The zero-order chi connectivity index (χ0) is 11.8. The average molecular weight is 244 g/mol. The van der Waals surface area contributed by atoms with Gasteiger partial charge in [0.05, 0.1) is 18.5 Å². The standard InChI is InChI=1S/C10H16N2O3S/c1-16(14,15)10-11-6-9(7-13)12(10)8-4-2-3-5-8/h6,8,13H,2-5,7H2,1H3. The minimum atomic E-state index is -3.32. The molecule has 90 valence electrons. The summed E-state index contributed by atoms with van der Waals surface area (Å²) >= 11 is 0. The van der Waals surface area contributed by atoms with Gasteiger partial charge in [-0.25, -0.2) is 13.4 Å². The molecule has 0 unspecified atom stereocenters. The van der Waals surface area contributed by atoms with Gasteiger partial charge in [-0.15, -0.1) is 0 Å². The van der Waals surface area contributed by atoms with Crippen molar-refractivity contribution in [2.75, 3.05) is 6.26 Å². The van der Waals surface area contributed by atoms with E-state index in [1.807, 2.05) is 0 Å². The van der Waals surface area contributed by atoms with E-state index in [0.29, 0.717) is 5.69 Å². The molecule has 1 aliphatic rings. The lowest BCUT2D eigenvalue weighted by Gasteiger charge is -2.16. The molecule has 1 heterocycles. The van der Waals surface area contributed by atoms with Crippen molar-refractivity contribution >= 4 is 9.84 Å². The minimum Gasteiger partial charge on any atom is -0.390 e. The molecule has 0 atom stereocenters. The molecule has 0 amide bonds. The molecule has 6 heteroatoms. The Bertz CT molecular complexity index is 472. The van der Waals surface area contributed by atoms with E-state index in [2.05, 4.69) is 4.98 Å². The fraction of sp³-hybridized carbons (Fsp3) is 0.700. The molecule has 1 N–H and O–H groups in total. The maximum Gasteiger partial charge on any atom is 0.227 e. The molecule has 0 aromatic carbocycles. The smallest absolute Gasteiger partial charge is 0.227 e. The molecule has 1 aromatic heterocycles. The highest BCUT2D eigenvalue weighted by atomic mass is 32.2. The van der Waals surface area contributed by atoms with Crippen LogP contribution >= 0.6 is 0 Å². The van der Waals surface area contributed by atoms with Crippen LogP contribution in [0.5, 0.6) is 0 Å². The van der Waals surface area contributed by atoms with Gasteiger partial charge in [0.15, 0.2) is 0 Å². The maximum absolute atomic E-state index is 11.6. The summed E-state index contributed by atoms with van der Waals surface area (Å²) in [6, 6.07) is 0.175. The summed E-state index contributed by atoms with van der Waals surface area (Å²) < 4.78 is 24.8. The molecule has 0 spiro atoms. The first kappa shape index (κ1) is 11.6. The van der Waals surface area contributed by atoms with Crippen LogP contribution in [-0.4, -0.2) is 29.3 Å². The first-order chi connectivity index (χ1) is 7.54. The molecule has 0 aliphatic heterocycles. The van der Waals surface area contributed by atoms with Crippen molar-refractivity contribution in [2.24, 2.45) is 0 Å². The number of hydrogen-bond acceptors (Lipinski definition) is 4. The van der Waals surface area contributed by atoms with Crippen LogP contribution < -0.4 is 0 Å². The van der Waals surface area contributed by atoms with Crippen LogP contribution in [0.3, 0.4) is 0 Å². The lowest BCUT2D eigenvalue weighted by atomic mass is 10.2. The van der Waals surface area contributed by atoms with E-state index in [0.717, 1.165) is 31.9 Å². The molecule has 0 saturated heterocycles. The van der Waals surface area contributed by atoms with Crippen LogP contribution in [0.2, 0.25) is 0 Å². The van der Waals surface area contributed by atoms with Crippen molar-refractivity contribution in [2.45, 2.75) is 43.5 Å². The summed E-state index contributed by atoms with van der Waals surface area (Å²) in [5.41, 5.74) is 0.590. The average Bonchev–Trinajstić information content (AvgIpc) is 2.84. The molecule has 0 radical (unpaired) electrons. The second-order valence-corrected chi connectivity index (χ2v) is 6.18. The van der Waals surface area contributed by atoms with Crippen molar-refractivity contribution in [3.63, 3.8) is 0 Å². The van der Waals surface area contributed by atoms with Gasteiger partial charge < -0.3 is 9.67 Å². The van der Waals surface area contributed by atoms with E-state index in [1.165, 1.54) is 6.20 Å². The Hall–Kier alpha value is -0.880. The van der Waals surface area contributed by atoms with E-state index in [4.69, 9.17) is 0 Å². The number of nitrogens with zero attached hydrogens (tertiary/aromatic N) is 2.